The second kappa shape index (κ2) is 9.74. The predicted octanol–water partition coefficient (Wildman–Crippen LogP) is 5.28. The third-order valence-electron chi connectivity index (χ3n) is 7.40. The van der Waals surface area contributed by atoms with Crippen molar-refractivity contribution < 1.29 is 0 Å². The minimum absolute atomic E-state index is 0.562. The maximum absolute atomic E-state index is 6.33. The van der Waals surface area contributed by atoms with E-state index in [0.717, 1.165) is 60.6 Å². The van der Waals surface area contributed by atoms with Gasteiger partial charge >= 0.3 is 0 Å². The molecule has 0 bridgehead atoms. The van der Waals surface area contributed by atoms with E-state index in [1.807, 2.05) is 6.20 Å². The van der Waals surface area contributed by atoms with E-state index in [1.165, 1.54) is 23.2 Å². The van der Waals surface area contributed by atoms with Crippen LogP contribution in [-0.2, 0) is 6.42 Å². The quantitative estimate of drug-likeness (QED) is 0.517. The number of nitrogens with one attached hydrogen (secondary N) is 1. The van der Waals surface area contributed by atoms with Gasteiger partial charge in [0.2, 0.25) is 0 Å². The zero-order valence-electron chi connectivity index (χ0n) is 21.2. The molecule has 2 aliphatic heterocycles. The molecule has 0 aliphatic carbocycles. The highest BCUT2D eigenvalue weighted by molar-refractivity contribution is 5.81. The molecule has 2 aromatic carbocycles. The Hall–Kier alpha value is -3.31. The molecule has 1 atom stereocenters. The van der Waals surface area contributed by atoms with Gasteiger partial charge in [0.15, 0.2) is 0 Å². The number of benzene rings is 2. The number of anilines is 2. The number of hydrogen-bond acceptors (Lipinski definition) is 5. The smallest absolute Gasteiger partial charge is 0.131 e. The number of nitrogens with two attached hydrogens (primary N) is 1. The van der Waals surface area contributed by atoms with Gasteiger partial charge in [-0.2, -0.15) is 0 Å². The predicted molar refractivity (Wildman–Crippen MR) is 148 cm³/mol. The maximum Gasteiger partial charge on any atom is 0.131 e. The summed E-state index contributed by atoms with van der Waals surface area (Å²) in [6, 6.07) is 18.2. The van der Waals surface area contributed by atoms with Crippen LogP contribution in [0.2, 0.25) is 0 Å². The van der Waals surface area contributed by atoms with E-state index >= 15 is 0 Å². The molecule has 3 heterocycles. The van der Waals surface area contributed by atoms with Crippen LogP contribution in [0.3, 0.4) is 0 Å². The number of aromatic nitrogens is 1. The van der Waals surface area contributed by atoms with Crippen molar-refractivity contribution >= 4 is 17.2 Å². The highest BCUT2D eigenvalue weighted by Crippen LogP contribution is 2.33. The lowest BCUT2D eigenvalue weighted by molar-refractivity contribution is 0.231. The van der Waals surface area contributed by atoms with Crippen molar-refractivity contribution in [2.24, 2.45) is 5.92 Å². The zero-order valence-corrected chi connectivity index (χ0v) is 21.2. The Labute approximate surface area is 209 Å². The summed E-state index contributed by atoms with van der Waals surface area (Å²) in [5.74, 6) is 1.26. The molecule has 5 nitrogen and oxygen atoms in total. The first kappa shape index (κ1) is 23.4. The molecule has 35 heavy (non-hydrogen) atoms. The fourth-order valence-electron chi connectivity index (χ4n) is 5.50. The second-order valence-electron chi connectivity index (χ2n) is 10.5. The Balaban J connectivity index is 1.34. The van der Waals surface area contributed by atoms with Gasteiger partial charge in [-0.05, 0) is 60.7 Å². The molecule has 5 heteroatoms. The number of pyridine rings is 1. The van der Waals surface area contributed by atoms with Gasteiger partial charge in [-0.1, -0.05) is 50.8 Å². The molecule has 1 aromatic heterocycles. The van der Waals surface area contributed by atoms with Crippen molar-refractivity contribution in [2.45, 2.75) is 32.7 Å². The van der Waals surface area contributed by atoms with Crippen LogP contribution < -0.4 is 16.0 Å². The fourth-order valence-corrected chi connectivity index (χ4v) is 5.50. The van der Waals surface area contributed by atoms with E-state index in [-0.39, 0.29) is 0 Å². The number of nitrogen functional groups attached to an aromatic ring is 1. The Kier molecular flexibility index (Phi) is 6.52. The molecular formula is C30H37N5. The van der Waals surface area contributed by atoms with Crippen molar-refractivity contribution in [3.63, 3.8) is 0 Å². The van der Waals surface area contributed by atoms with Gasteiger partial charge in [0.1, 0.15) is 5.82 Å². The average molecular weight is 468 g/mol. The van der Waals surface area contributed by atoms with Gasteiger partial charge in [0, 0.05) is 66.5 Å². The Morgan fingerprint density at radius 3 is 2.63 bits per heavy atom. The second-order valence-corrected chi connectivity index (χ2v) is 10.5. The van der Waals surface area contributed by atoms with Crippen LogP contribution in [0.1, 0.15) is 31.4 Å². The Morgan fingerprint density at radius 2 is 1.86 bits per heavy atom. The lowest BCUT2D eigenvalue weighted by Crippen LogP contribution is -2.36. The van der Waals surface area contributed by atoms with Crippen molar-refractivity contribution in [1.82, 2.24) is 15.2 Å². The number of hydrogen-bond donors (Lipinski definition) is 2. The first-order chi connectivity index (χ1) is 16.9. The molecule has 1 saturated heterocycles. The summed E-state index contributed by atoms with van der Waals surface area (Å²) < 4.78 is 0. The first-order valence-corrected chi connectivity index (χ1v) is 12.8. The monoisotopic (exact) mass is 467 g/mol. The molecule has 3 aromatic rings. The van der Waals surface area contributed by atoms with Crippen LogP contribution in [0.25, 0.3) is 28.0 Å². The van der Waals surface area contributed by atoms with E-state index in [9.17, 15) is 0 Å². The molecular weight excluding hydrogens is 430 g/mol. The highest BCUT2D eigenvalue weighted by atomic mass is 15.2. The lowest BCUT2D eigenvalue weighted by Gasteiger charge is -2.26. The number of fused-ring (bicyclic) bond motifs is 1. The van der Waals surface area contributed by atoms with Gasteiger partial charge in [-0.3, -0.25) is 0 Å². The molecule has 2 aliphatic rings. The van der Waals surface area contributed by atoms with E-state index < -0.39 is 0 Å². The van der Waals surface area contributed by atoms with Crippen LogP contribution in [0.5, 0.6) is 0 Å². The molecule has 3 N–H and O–H groups in total. The van der Waals surface area contributed by atoms with Gasteiger partial charge < -0.3 is 20.9 Å². The van der Waals surface area contributed by atoms with Crippen molar-refractivity contribution in [1.29, 1.82) is 0 Å². The van der Waals surface area contributed by atoms with E-state index in [0.29, 0.717) is 17.8 Å². The summed E-state index contributed by atoms with van der Waals surface area (Å²) in [4.78, 5) is 9.57. The summed E-state index contributed by atoms with van der Waals surface area (Å²) >= 11 is 0. The van der Waals surface area contributed by atoms with Gasteiger partial charge in [-0.25, -0.2) is 4.98 Å². The summed E-state index contributed by atoms with van der Waals surface area (Å²) in [5.41, 5.74) is 15.4. The van der Waals surface area contributed by atoms with Crippen molar-refractivity contribution in [2.75, 3.05) is 43.9 Å². The van der Waals surface area contributed by atoms with E-state index in [1.54, 1.807) is 0 Å². The standard InChI is InChI=1S/C30H37N5/c1-20(2)18-34(4)27-12-14-35(19-27)26-8-5-22(6-9-26)25-16-29(30(31)33-17-25)23-7-10-28-21(3)32-13-11-24(28)15-23/h5-10,15-17,20,27,32H,3,11-14,18-19H2,1-2,4H3,(H2,31,33). The highest BCUT2D eigenvalue weighted by Gasteiger charge is 2.26. The summed E-state index contributed by atoms with van der Waals surface area (Å²) in [5, 5.41) is 3.34. The molecule has 5 rings (SSSR count). The zero-order chi connectivity index (χ0) is 24.5. The fraction of sp³-hybridized carbons (Fsp3) is 0.367. The Bertz CT molecular complexity index is 1210. The van der Waals surface area contributed by atoms with Crippen LogP contribution >= 0.6 is 0 Å². The summed E-state index contributed by atoms with van der Waals surface area (Å²) in [6.45, 7) is 13.0. The normalized spacial score (nSPS) is 17.7. The SMILES string of the molecule is C=C1NCCc2cc(-c3cc(-c4ccc(N5CCC(N(C)CC(C)C)C5)cc4)cnc3N)ccc21. The summed E-state index contributed by atoms with van der Waals surface area (Å²) in [7, 11) is 2.26. The van der Waals surface area contributed by atoms with Gasteiger partial charge in [0.05, 0.1) is 0 Å². The Morgan fingerprint density at radius 1 is 1.09 bits per heavy atom. The third-order valence-corrected chi connectivity index (χ3v) is 7.40. The third kappa shape index (κ3) is 4.92. The molecule has 182 valence electrons. The van der Waals surface area contributed by atoms with Crippen LogP contribution in [0, 0.1) is 5.92 Å². The largest absolute Gasteiger partial charge is 0.385 e. The molecule has 1 unspecified atom stereocenters. The summed E-state index contributed by atoms with van der Waals surface area (Å²) in [6.07, 6.45) is 4.09. The molecule has 0 amide bonds. The van der Waals surface area contributed by atoms with Gasteiger partial charge in [-0.15, -0.1) is 0 Å². The maximum atomic E-state index is 6.33. The molecule has 1 fully saturated rings. The van der Waals surface area contributed by atoms with Crippen LogP contribution in [0.4, 0.5) is 11.5 Å². The lowest BCUT2D eigenvalue weighted by atomic mass is 9.93. The number of nitrogens with zero attached hydrogens (tertiary/aromatic N) is 3. The molecule has 0 spiro atoms. The minimum Gasteiger partial charge on any atom is -0.385 e. The topological polar surface area (TPSA) is 57.4 Å². The van der Waals surface area contributed by atoms with Crippen molar-refractivity contribution in [3.05, 3.63) is 72.4 Å². The molecule has 0 radical (unpaired) electrons. The van der Waals surface area contributed by atoms with E-state index in [4.69, 9.17) is 5.73 Å². The van der Waals surface area contributed by atoms with Crippen molar-refractivity contribution in [3.8, 4) is 22.3 Å². The number of likely N-dealkylation sites (N-methyl/N-ethyl adjacent to an activating group) is 1. The van der Waals surface area contributed by atoms with E-state index in [2.05, 4.69) is 96.1 Å². The number of rotatable bonds is 6. The van der Waals surface area contributed by atoms with Crippen LogP contribution in [-0.4, -0.2) is 49.2 Å². The first-order valence-electron chi connectivity index (χ1n) is 12.8. The minimum atomic E-state index is 0.562. The van der Waals surface area contributed by atoms with Gasteiger partial charge in [0.25, 0.3) is 0 Å². The molecule has 0 saturated carbocycles. The average Bonchev–Trinajstić information content (AvgIpc) is 3.35. The van der Waals surface area contributed by atoms with Crippen LogP contribution in [0.15, 0.2) is 61.3 Å².